The molecule has 0 aliphatic carbocycles. The van der Waals surface area contributed by atoms with E-state index < -0.39 is 6.10 Å². The van der Waals surface area contributed by atoms with Gasteiger partial charge >= 0.3 is 17.9 Å². The fraction of sp³-hybridized carbons (Fsp3) is 0.767. The second-order valence-electron chi connectivity index (χ2n) is 22.7. The van der Waals surface area contributed by atoms with Crippen LogP contribution in [0.5, 0.6) is 0 Å². The highest BCUT2D eigenvalue weighted by atomic mass is 16.6. The zero-order valence-electron chi connectivity index (χ0n) is 52.4. The molecule has 0 fully saturated rings. The third-order valence-corrected chi connectivity index (χ3v) is 14.9. The molecule has 1 unspecified atom stereocenters. The van der Waals surface area contributed by atoms with Gasteiger partial charge < -0.3 is 14.2 Å². The summed E-state index contributed by atoms with van der Waals surface area (Å²) >= 11 is 0. The minimum Gasteiger partial charge on any atom is -0.462 e. The lowest BCUT2D eigenvalue weighted by Crippen LogP contribution is -2.30. The van der Waals surface area contributed by atoms with E-state index in [2.05, 4.69) is 106 Å². The zero-order chi connectivity index (χ0) is 57.1. The van der Waals surface area contributed by atoms with Crippen LogP contribution in [0.15, 0.2) is 85.1 Å². The van der Waals surface area contributed by atoms with Gasteiger partial charge in [0.1, 0.15) is 13.2 Å². The Bertz CT molecular complexity index is 1500. The summed E-state index contributed by atoms with van der Waals surface area (Å²) in [7, 11) is 0. The van der Waals surface area contributed by atoms with Crippen LogP contribution in [0.4, 0.5) is 0 Å². The maximum atomic E-state index is 12.9. The summed E-state index contributed by atoms with van der Waals surface area (Å²) in [6.07, 6.45) is 88.7. The summed E-state index contributed by atoms with van der Waals surface area (Å²) in [6.45, 7) is 6.54. The molecule has 79 heavy (non-hydrogen) atoms. The molecule has 0 aliphatic heterocycles. The second kappa shape index (κ2) is 67.1. The average molecular weight is 1100 g/mol. The Morgan fingerprint density at radius 1 is 0.266 bits per heavy atom. The topological polar surface area (TPSA) is 78.9 Å². The number of hydrogen-bond acceptors (Lipinski definition) is 6. The van der Waals surface area contributed by atoms with Crippen molar-refractivity contribution in [3.05, 3.63) is 85.1 Å². The largest absolute Gasteiger partial charge is 0.462 e. The Kier molecular flexibility index (Phi) is 64.2. The quantitative estimate of drug-likeness (QED) is 0.0261. The van der Waals surface area contributed by atoms with Gasteiger partial charge in [0.25, 0.3) is 0 Å². The molecule has 456 valence electrons. The third kappa shape index (κ3) is 65.3. The SMILES string of the molecule is CC/C=C\C/C=C\C/C=C\C/C=C\CCCCCCCCCCCCC(=O)OCC(COC(=O)CCCCCCCCCCC/C=C\CCCCCCCC)OC(=O)CCCCCCCCCCC/C=C\C/C=C\CCCCC. The van der Waals surface area contributed by atoms with Gasteiger partial charge in [-0.3, -0.25) is 14.4 Å². The number of allylic oxidation sites excluding steroid dienone is 14. The maximum absolute atomic E-state index is 12.9. The Hall–Kier alpha value is -3.41. The van der Waals surface area contributed by atoms with Crippen molar-refractivity contribution in [3.63, 3.8) is 0 Å². The molecule has 0 radical (unpaired) electrons. The molecule has 0 heterocycles. The van der Waals surface area contributed by atoms with E-state index in [0.717, 1.165) is 89.9 Å². The molecule has 1 atom stereocenters. The number of hydrogen-bond donors (Lipinski definition) is 0. The van der Waals surface area contributed by atoms with Crippen LogP contribution in [0.25, 0.3) is 0 Å². The maximum Gasteiger partial charge on any atom is 0.306 e. The molecule has 0 aromatic heterocycles. The molecule has 6 nitrogen and oxygen atoms in total. The number of unbranched alkanes of at least 4 members (excludes halogenated alkanes) is 37. The average Bonchev–Trinajstić information content (AvgIpc) is 3.45. The van der Waals surface area contributed by atoms with Gasteiger partial charge in [0.15, 0.2) is 6.10 Å². The van der Waals surface area contributed by atoms with Gasteiger partial charge in [0.2, 0.25) is 0 Å². The van der Waals surface area contributed by atoms with Crippen molar-refractivity contribution in [2.24, 2.45) is 0 Å². The van der Waals surface area contributed by atoms with E-state index in [4.69, 9.17) is 14.2 Å². The lowest BCUT2D eigenvalue weighted by Gasteiger charge is -2.18. The van der Waals surface area contributed by atoms with E-state index in [1.54, 1.807) is 0 Å². The van der Waals surface area contributed by atoms with Crippen LogP contribution in [-0.4, -0.2) is 37.2 Å². The molecule has 0 aromatic carbocycles. The highest BCUT2D eigenvalue weighted by Gasteiger charge is 2.19. The minimum absolute atomic E-state index is 0.0785. The number of carbonyl (C=O) groups excluding carboxylic acids is 3. The molecule has 0 aliphatic rings. The van der Waals surface area contributed by atoms with E-state index in [1.807, 2.05) is 0 Å². The summed E-state index contributed by atoms with van der Waals surface area (Å²) in [6, 6.07) is 0. The molecular weight excluding hydrogens is 973 g/mol. The van der Waals surface area contributed by atoms with Crippen molar-refractivity contribution in [1.29, 1.82) is 0 Å². The molecule has 0 N–H and O–H groups in total. The van der Waals surface area contributed by atoms with E-state index >= 15 is 0 Å². The van der Waals surface area contributed by atoms with Gasteiger partial charge in [-0.05, 0) is 116 Å². The molecule has 0 aromatic rings. The lowest BCUT2D eigenvalue weighted by atomic mass is 10.1. The lowest BCUT2D eigenvalue weighted by molar-refractivity contribution is -0.167. The van der Waals surface area contributed by atoms with E-state index in [1.165, 1.54) is 212 Å². The summed E-state index contributed by atoms with van der Waals surface area (Å²) < 4.78 is 17.0. The fourth-order valence-corrected chi connectivity index (χ4v) is 9.76. The predicted molar refractivity (Wildman–Crippen MR) is 344 cm³/mol. The van der Waals surface area contributed by atoms with Crippen LogP contribution in [0, 0.1) is 0 Å². The summed E-state index contributed by atoms with van der Waals surface area (Å²) in [5, 5.41) is 0. The van der Waals surface area contributed by atoms with Crippen molar-refractivity contribution in [1.82, 2.24) is 0 Å². The zero-order valence-corrected chi connectivity index (χ0v) is 52.4. The monoisotopic (exact) mass is 1100 g/mol. The summed E-state index contributed by atoms with van der Waals surface area (Å²) in [5.74, 6) is -0.872. The van der Waals surface area contributed by atoms with Crippen molar-refractivity contribution < 1.29 is 28.6 Å². The molecule has 6 heteroatoms. The highest BCUT2D eigenvalue weighted by molar-refractivity contribution is 5.71. The highest BCUT2D eigenvalue weighted by Crippen LogP contribution is 2.17. The van der Waals surface area contributed by atoms with Crippen LogP contribution >= 0.6 is 0 Å². The van der Waals surface area contributed by atoms with Crippen LogP contribution in [0.1, 0.15) is 342 Å². The molecule has 0 saturated carbocycles. The van der Waals surface area contributed by atoms with E-state index in [-0.39, 0.29) is 31.1 Å². The minimum atomic E-state index is -0.783. The van der Waals surface area contributed by atoms with Gasteiger partial charge in [-0.2, -0.15) is 0 Å². The number of esters is 3. The van der Waals surface area contributed by atoms with Crippen molar-refractivity contribution >= 4 is 17.9 Å². The first kappa shape index (κ1) is 75.6. The Morgan fingerprint density at radius 3 is 0.810 bits per heavy atom. The first-order valence-corrected chi connectivity index (χ1v) is 34.1. The first-order valence-electron chi connectivity index (χ1n) is 34.1. The van der Waals surface area contributed by atoms with Crippen LogP contribution < -0.4 is 0 Å². The van der Waals surface area contributed by atoms with Gasteiger partial charge in [0, 0.05) is 19.3 Å². The standard InChI is InChI=1S/C73H128O6/c1-4-7-10-13-16-19-22-25-28-31-34-35-36-37-40-42-45-48-51-54-57-60-63-66-72(75)78-69-70(79-73(76)67-64-61-58-55-52-49-46-43-39-33-30-27-24-21-18-15-12-9-6-3)68-77-71(74)65-62-59-56-53-50-47-44-41-38-32-29-26-23-20-17-14-11-8-5-2/h7,10,16,18-19,21,25-30,34-35,70H,4-6,8-9,11-15,17,20,22-24,31-33,36-69H2,1-3H3/b10-7-,19-16-,21-18-,28-25-,29-26-,30-27-,35-34-. The molecule has 0 spiro atoms. The summed E-state index contributed by atoms with van der Waals surface area (Å²) in [4.78, 5) is 38.5. The second-order valence-corrected chi connectivity index (χ2v) is 22.7. The van der Waals surface area contributed by atoms with Crippen molar-refractivity contribution in [2.45, 2.75) is 348 Å². The predicted octanol–water partition coefficient (Wildman–Crippen LogP) is 23.4. The van der Waals surface area contributed by atoms with Gasteiger partial charge in [0.05, 0.1) is 0 Å². The Labute approximate surface area is 490 Å². The van der Waals surface area contributed by atoms with Crippen LogP contribution in [-0.2, 0) is 28.6 Å². The normalized spacial score (nSPS) is 12.6. The first-order chi connectivity index (χ1) is 39.0. The number of carbonyl (C=O) groups is 3. The van der Waals surface area contributed by atoms with Crippen molar-refractivity contribution in [3.8, 4) is 0 Å². The molecule has 0 amide bonds. The molecule has 0 bridgehead atoms. The Balaban J connectivity index is 4.37. The van der Waals surface area contributed by atoms with Gasteiger partial charge in [-0.1, -0.05) is 292 Å². The number of rotatable bonds is 62. The third-order valence-electron chi connectivity index (χ3n) is 14.9. The molecule has 0 rings (SSSR count). The van der Waals surface area contributed by atoms with Crippen LogP contribution in [0.3, 0.4) is 0 Å². The number of ether oxygens (including phenoxy) is 3. The van der Waals surface area contributed by atoms with E-state index in [9.17, 15) is 14.4 Å². The summed E-state index contributed by atoms with van der Waals surface area (Å²) in [5.41, 5.74) is 0. The van der Waals surface area contributed by atoms with Crippen LogP contribution in [0.2, 0.25) is 0 Å². The Morgan fingerprint density at radius 2 is 0.494 bits per heavy atom. The smallest absolute Gasteiger partial charge is 0.306 e. The van der Waals surface area contributed by atoms with Gasteiger partial charge in [-0.25, -0.2) is 0 Å². The van der Waals surface area contributed by atoms with Crippen molar-refractivity contribution in [2.75, 3.05) is 13.2 Å². The molecule has 0 saturated heterocycles. The van der Waals surface area contributed by atoms with Gasteiger partial charge in [-0.15, -0.1) is 0 Å². The molecular formula is C73H128O6. The fourth-order valence-electron chi connectivity index (χ4n) is 9.76. The van der Waals surface area contributed by atoms with E-state index in [0.29, 0.717) is 19.3 Å².